The predicted octanol–water partition coefficient (Wildman–Crippen LogP) is 4.47. The number of hydrogen-bond donors (Lipinski definition) is 1. The maximum Gasteiger partial charge on any atom is 0.251 e. The van der Waals surface area contributed by atoms with Crippen LogP contribution in [-0.4, -0.2) is 34.3 Å². The van der Waals surface area contributed by atoms with Gasteiger partial charge >= 0.3 is 0 Å². The zero-order valence-corrected chi connectivity index (χ0v) is 20.6. The first-order valence-electron chi connectivity index (χ1n) is 11.3. The Morgan fingerprint density at radius 3 is 2.17 bits per heavy atom. The standard InChI is InChI=1S/C28H29NO6/c1-16-6-8-17(9-7-16)28(31)29-21-12-10-18-14-24(33-3)26(34-4)27(35-5)25(18)19-11-13-23(32-2)22(30)15-20(19)21/h6-9,11,13-15,21H,10,12H2,1-5H3,(H,29,31)/t21-/m0/s1. The second-order valence-electron chi connectivity index (χ2n) is 8.39. The number of carbonyl (C=O) groups excluding carboxylic acids is 1. The van der Waals surface area contributed by atoms with Gasteiger partial charge in [0.1, 0.15) is 0 Å². The minimum atomic E-state index is -0.419. The molecule has 4 rings (SSSR count). The van der Waals surface area contributed by atoms with Crippen molar-refractivity contribution in [1.29, 1.82) is 0 Å². The van der Waals surface area contributed by atoms with Gasteiger partial charge in [0.2, 0.25) is 11.2 Å². The fraction of sp³-hybridized carbons (Fsp3) is 0.286. The SMILES string of the molecule is COc1cc2c(c(OC)c1OC)-c1ccc(OC)c(=O)cc1[C@@H](NC(=O)c1ccc(C)cc1)CC2. The smallest absolute Gasteiger partial charge is 0.251 e. The molecular weight excluding hydrogens is 446 g/mol. The van der Waals surface area contributed by atoms with E-state index in [0.29, 0.717) is 41.2 Å². The van der Waals surface area contributed by atoms with Gasteiger partial charge in [0.25, 0.3) is 5.91 Å². The maximum atomic E-state index is 13.2. The monoisotopic (exact) mass is 475 g/mol. The molecule has 7 nitrogen and oxygen atoms in total. The summed E-state index contributed by atoms with van der Waals surface area (Å²) in [6.45, 7) is 1.97. The van der Waals surface area contributed by atoms with Gasteiger partial charge in [0.15, 0.2) is 17.2 Å². The van der Waals surface area contributed by atoms with Crippen molar-refractivity contribution in [2.24, 2.45) is 0 Å². The van der Waals surface area contributed by atoms with E-state index in [-0.39, 0.29) is 17.1 Å². The van der Waals surface area contributed by atoms with Crippen molar-refractivity contribution in [3.63, 3.8) is 0 Å². The summed E-state index contributed by atoms with van der Waals surface area (Å²) in [5, 5.41) is 3.14. The van der Waals surface area contributed by atoms with E-state index >= 15 is 0 Å². The lowest BCUT2D eigenvalue weighted by Crippen LogP contribution is -2.29. The average molecular weight is 476 g/mol. The zero-order valence-electron chi connectivity index (χ0n) is 20.6. The molecule has 1 amide bonds. The minimum Gasteiger partial charge on any atom is -0.493 e. The number of nitrogens with one attached hydrogen (secondary N) is 1. The van der Waals surface area contributed by atoms with Crippen molar-refractivity contribution in [3.05, 3.63) is 81.0 Å². The summed E-state index contributed by atoms with van der Waals surface area (Å²) in [4.78, 5) is 26.1. The van der Waals surface area contributed by atoms with Crippen LogP contribution in [-0.2, 0) is 6.42 Å². The lowest BCUT2D eigenvalue weighted by molar-refractivity contribution is 0.0935. The number of benzene rings is 2. The molecule has 0 heterocycles. The Hall–Kier alpha value is -4.00. The highest BCUT2D eigenvalue weighted by molar-refractivity contribution is 5.95. The number of fused-ring (bicyclic) bond motifs is 3. The van der Waals surface area contributed by atoms with Gasteiger partial charge < -0.3 is 24.3 Å². The van der Waals surface area contributed by atoms with Gasteiger partial charge in [-0.25, -0.2) is 0 Å². The van der Waals surface area contributed by atoms with E-state index in [1.165, 1.54) is 7.11 Å². The predicted molar refractivity (Wildman–Crippen MR) is 134 cm³/mol. The number of hydrogen-bond acceptors (Lipinski definition) is 6. The number of rotatable bonds is 6. The molecule has 1 aliphatic rings. The first kappa shape index (κ1) is 24.1. The molecular formula is C28H29NO6. The first-order chi connectivity index (χ1) is 16.9. The molecule has 1 aliphatic carbocycles. The number of ether oxygens (including phenoxy) is 4. The highest BCUT2D eigenvalue weighted by atomic mass is 16.5. The Balaban J connectivity index is 1.93. The van der Waals surface area contributed by atoms with Crippen molar-refractivity contribution < 1.29 is 23.7 Å². The highest BCUT2D eigenvalue weighted by Crippen LogP contribution is 2.50. The number of amides is 1. The van der Waals surface area contributed by atoms with Crippen LogP contribution in [0.3, 0.4) is 0 Å². The van der Waals surface area contributed by atoms with Crippen LogP contribution in [0.1, 0.15) is 39.5 Å². The molecule has 0 bridgehead atoms. The van der Waals surface area contributed by atoms with Gasteiger partial charge in [-0.05, 0) is 66.8 Å². The fourth-order valence-electron chi connectivity index (χ4n) is 4.56. The second kappa shape index (κ2) is 10.1. The van der Waals surface area contributed by atoms with Crippen LogP contribution in [0, 0.1) is 6.92 Å². The zero-order chi connectivity index (χ0) is 25.1. The summed E-state index contributed by atoms with van der Waals surface area (Å²) in [6.07, 6.45) is 1.19. The Bertz CT molecular complexity index is 1320. The summed E-state index contributed by atoms with van der Waals surface area (Å²) in [5.41, 5.74) is 4.55. The van der Waals surface area contributed by atoms with Gasteiger partial charge in [-0.3, -0.25) is 9.59 Å². The van der Waals surface area contributed by atoms with E-state index in [2.05, 4.69) is 5.32 Å². The molecule has 0 aliphatic heterocycles. The normalized spacial score (nSPS) is 14.1. The van der Waals surface area contributed by atoms with Crippen LogP contribution in [0.5, 0.6) is 23.0 Å². The molecule has 3 aromatic rings. The Labute approximate surface area is 204 Å². The Morgan fingerprint density at radius 1 is 0.857 bits per heavy atom. The molecule has 0 fully saturated rings. The summed E-state index contributed by atoms with van der Waals surface area (Å²) in [5.74, 6) is 1.52. The lowest BCUT2D eigenvalue weighted by Gasteiger charge is -2.20. The third-order valence-electron chi connectivity index (χ3n) is 6.34. The van der Waals surface area contributed by atoms with Gasteiger partial charge in [-0.1, -0.05) is 23.8 Å². The molecule has 7 heteroatoms. The van der Waals surface area contributed by atoms with E-state index in [9.17, 15) is 9.59 Å². The molecule has 0 saturated carbocycles. The lowest BCUT2D eigenvalue weighted by atomic mass is 9.95. The summed E-state index contributed by atoms with van der Waals surface area (Å²) in [7, 11) is 6.16. The van der Waals surface area contributed by atoms with Crippen LogP contribution >= 0.6 is 0 Å². The van der Waals surface area contributed by atoms with E-state index in [0.717, 1.165) is 22.3 Å². The quantitative estimate of drug-likeness (QED) is 0.566. The second-order valence-corrected chi connectivity index (χ2v) is 8.39. The highest BCUT2D eigenvalue weighted by Gasteiger charge is 2.30. The average Bonchev–Trinajstić information content (AvgIpc) is 3.11. The van der Waals surface area contributed by atoms with Crippen LogP contribution in [0.15, 0.2) is 53.3 Å². The van der Waals surface area contributed by atoms with Crippen LogP contribution in [0.4, 0.5) is 0 Å². The topological polar surface area (TPSA) is 83.1 Å². The van der Waals surface area contributed by atoms with E-state index in [1.54, 1.807) is 45.6 Å². The van der Waals surface area contributed by atoms with Crippen LogP contribution in [0.2, 0.25) is 0 Å². The van der Waals surface area contributed by atoms with Crippen molar-refractivity contribution >= 4 is 5.91 Å². The molecule has 0 saturated heterocycles. The molecule has 1 atom stereocenters. The van der Waals surface area contributed by atoms with Gasteiger partial charge in [0.05, 0.1) is 34.5 Å². The van der Waals surface area contributed by atoms with Crippen molar-refractivity contribution in [2.45, 2.75) is 25.8 Å². The van der Waals surface area contributed by atoms with Gasteiger partial charge in [-0.2, -0.15) is 0 Å². The molecule has 3 aromatic carbocycles. The van der Waals surface area contributed by atoms with Crippen LogP contribution < -0.4 is 29.7 Å². The molecule has 0 spiro atoms. The summed E-state index contributed by atoms with van der Waals surface area (Å²) < 4.78 is 22.3. The van der Waals surface area contributed by atoms with E-state index in [1.807, 2.05) is 31.2 Å². The van der Waals surface area contributed by atoms with Gasteiger partial charge in [0, 0.05) is 11.1 Å². The largest absolute Gasteiger partial charge is 0.493 e. The van der Waals surface area contributed by atoms with E-state index < -0.39 is 6.04 Å². The van der Waals surface area contributed by atoms with E-state index in [4.69, 9.17) is 18.9 Å². The first-order valence-corrected chi connectivity index (χ1v) is 11.3. The van der Waals surface area contributed by atoms with Crippen LogP contribution in [0.25, 0.3) is 11.1 Å². The fourth-order valence-corrected chi connectivity index (χ4v) is 4.56. The molecule has 0 radical (unpaired) electrons. The molecule has 0 unspecified atom stereocenters. The van der Waals surface area contributed by atoms with Crippen molar-refractivity contribution in [3.8, 4) is 34.1 Å². The third kappa shape index (κ3) is 4.54. The Kier molecular flexibility index (Phi) is 6.96. The summed E-state index contributed by atoms with van der Waals surface area (Å²) >= 11 is 0. The molecule has 0 aromatic heterocycles. The minimum absolute atomic E-state index is 0.208. The molecule has 1 N–H and O–H groups in total. The number of aryl methyl sites for hydroxylation is 2. The van der Waals surface area contributed by atoms with Crippen molar-refractivity contribution in [1.82, 2.24) is 5.32 Å². The maximum absolute atomic E-state index is 13.2. The van der Waals surface area contributed by atoms with Gasteiger partial charge in [-0.15, -0.1) is 0 Å². The molecule has 182 valence electrons. The molecule has 35 heavy (non-hydrogen) atoms. The number of methoxy groups -OCH3 is 4. The Morgan fingerprint density at radius 2 is 1.54 bits per heavy atom. The third-order valence-corrected chi connectivity index (χ3v) is 6.34. The number of carbonyl (C=O) groups is 1. The van der Waals surface area contributed by atoms with Crippen molar-refractivity contribution in [2.75, 3.05) is 28.4 Å². The summed E-state index contributed by atoms with van der Waals surface area (Å²) in [6, 6.07) is 13.9.